The van der Waals surface area contributed by atoms with Crippen molar-refractivity contribution < 1.29 is 23.0 Å². The molecule has 2 rings (SSSR count). The van der Waals surface area contributed by atoms with Gasteiger partial charge in [0.1, 0.15) is 18.5 Å². The van der Waals surface area contributed by atoms with Crippen LogP contribution in [-0.4, -0.2) is 53.2 Å². The Labute approximate surface area is 180 Å². The Kier molecular flexibility index (Phi) is 9.17. The number of hydrogen-bond acceptors (Lipinski definition) is 4. The summed E-state index contributed by atoms with van der Waals surface area (Å²) in [6.07, 6.45) is -4.43. The lowest BCUT2D eigenvalue weighted by molar-refractivity contribution is -0.137. The van der Waals surface area contributed by atoms with Crippen LogP contribution in [0.5, 0.6) is 5.75 Å². The molecule has 10 heteroatoms. The zero-order valence-electron chi connectivity index (χ0n) is 18.0. The molecule has 0 fully saturated rings. The smallest absolute Gasteiger partial charge is 0.416 e. The fourth-order valence-electron chi connectivity index (χ4n) is 2.86. The Morgan fingerprint density at radius 1 is 1.23 bits per heavy atom. The predicted octanol–water partition coefficient (Wildman–Crippen LogP) is 2.90. The molecule has 2 aromatic rings. The molecule has 1 unspecified atom stereocenters. The van der Waals surface area contributed by atoms with E-state index in [2.05, 4.69) is 20.7 Å². The lowest BCUT2D eigenvalue weighted by Gasteiger charge is -2.14. The Morgan fingerprint density at radius 3 is 2.52 bits per heavy atom. The number of rotatable bonds is 10. The minimum atomic E-state index is -4.39. The van der Waals surface area contributed by atoms with E-state index in [0.717, 1.165) is 36.5 Å². The molecule has 0 spiro atoms. The number of ether oxygens (including phenoxy) is 1. The van der Waals surface area contributed by atoms with Gasteiger partial charge >= 0.3 is 6.18 Å². The maximum absolute atomic E-state index is 12.6. The number of aryl methyl sites for hydroxylation is 3. The van der Waals surface area contributed by atoms with E-state index in [4.69, 9.17) is 4.74 Å². The summed E-state index contributed by atoms with van der Waals surface area (Å²) in [5.41, 5.74) is 1.37. The van der Waals surface area contributed by atoms with Gasteiger partial charge in [-0.05, 0) is 57.5 Å². The molecule has 172 valence electrons. The van der Waals surface area contributed by atoms with Crippen molar-refractivity contribution in [3.63, 3.8) is 0 Å². The van der Waals surface area contributed by atoms with E-state index in [-0.39, 0.29) is 18.9 Å². The summed E-state index contributed by atoms with van der Waals surface area (Å²) in [6, 6.07) is 6.38. The SMILES string of the molecule is CCNC(=NCC(O)COc1ccc(C(F)(F)F)cc1)NCCCn1nc(C)cc1C. The Balaban J connectivity index is 1.75. The lowest BCUT2D eigenvalue weighted by Crippen LogP contribution is -2.39. The molecule has 31 heavy (non-hydrogen) atoms. The standard InChI is InChI=1S/C21H30F3N5O2/c1-4-25-20(26-10-5-11-29-16(3)12-15(2)28-29)27-13-18(30)14-31-19-8-6-17(7-9-19)21(22,23)24/h6-9,12,18,30H,4-5,10-11,13-14H2,1-3H3,(H2,25,26,27). The van der Waals surface area contributed by atoms with Gasteiger partial charge < -0.3 is 20.5 Å². The summed E-state index contributed by atoms with van der Waals surface area (Å²) in [6.45, 7) is 8.08. The quantitative estimate of drug-likeness (QED) is 0.300. The zero-order chi connectivity index (χ0) is 22.9. The van der Waals surface area contributed by atoms with Gasteiger partial charge in [0.25, 0.3) is 0 Å². The van der Waals surface area contributed by atoms with Gasteiger partial charge in [-0.1, -0.05) is 0 Å². The summed E-state index contributed by atoms with van der Waals surface area (Å²) in [7, 11) is 0. The van der Waals surface area contributed by atoms with Crippen LogP contribution < -0.4 is 15.4 Å². The average Bonchev–Trinajstić information content (AvgIpc) is 3.04. The van der Waals surface area contributed by atoms with E-state index in [1.54, 1.807) is 0 Å². The maximum atomic E-state index is 12.6. The summed E-state index contributed by atoms with van der Waals surface area (Å²) >= 11 is 0. The van der Waals surface area contributed by atoms with Crippen molar-refractivity contribution in [1.82, 2.24) is 20.4 Å². The number of aliphatic hydroxyl groups is 1. The van der Waals surface area contributed by atoms with Gasteiger partial charge in [-0.15, -0.1) is 0 Å². The highest BCUT2D eigenvalue weighted by molar-refractivity contribution is 5.79. The van der Waals surface area contributed by atoms with Crippen LogP contribution >= 0.6 is 0 Å². The van der Waals surface area contributed by atoms with Crippen molar-refractivity contribution in [1.29, 1.82) is 0 Å². The summed E-state index contributed by atoms with van der Waals surface area (Å²) in [5, 5.41) is 20.8. The third-order valence-corrected chi connectivity index (χ3v) is 4.37. The minimum Gasteiger partial charge on any atom is -0.491 e. The van der Waals surface area contributed by atoms with Gasteiger partial charge in [0, 0.05) is 25.3 Å². The average molecular weight is 441 g/mol. The number of alkyl halides is 3. The topological polar surface area (TPSA) is 83.7 Å². The van der Waals surface area contributed by atoms with Gasteiger partial charge in [0.15, 0.2) is 5.96 Å². The molecule has 0 amide bonds. The zero-order valence-corrected chi connectivity index (χ0v) is 18.0. The van der Waals surface area contributed by atoms with E-state index >= 15 is 0 Å². The molecular weight excluding hydrogens is 411 g/mol. The van der Waals surface area contributed by atoms with Gasteiger partial charge in [-0.2, -0.15) is 18.3 Å². The second-order valence-electron chi connectivity index (χ2n) is 7.14. The second-order valence-corrected chi connectivity index (χ2v) is 7.14. The maximum Gasteiger partial charge on any atom is 0.416 e. The number of guanidine groups is 1. The Hall–Kier alpha value is -2.75. The van der Waals surface area contributed by atoms with Gasteiger partial charge in [-0.3, -0.25) is 9.67 Å². The highest BCUT2D eigenvalue weighted by Gasteiger charge is 2.30. The molecule has 1 aromatic carbocycles. The molecule has 0 radical (unpaired) electrons. The van der Waals surface area contributed by atoms with Crippen molar-refractivity contribution in [3.8, 4) is 5.75 Å². The number of nitrogens with one attached hydrogen (secondary N) is 2. The van der Waals surface area contributed by atoms with Crippen molar-refractivity contribution >= 4 is 5.96 Å². The molecule has 1 atom stereocenters. The van der Waals surface area contributed by atoms with E-state index in [1.807, 2.05) is 31.5 Å². The van der Waals surface area contributed by atoms with Gasteiger partial charge in [-0.25, -0.2) is 0 Å². The fourth-order valence-corrected chi connectivity index (χ4v) is 2.86. The Morgan fingerprint density at radius 2 is 1.94 bits per heavy atom. The van der Waals surface area contributed by atoms with Crippen molar-refractivity contribution in [2.24, 2.45) is 4.99 Å². The number of hydrogen-bond donors (Lipinski definition) is 3. The number of halogens is 3. The number of nitrogens with zero attached hydrogens (tertiary/aromatic N) is 3. The number of aliphatic imine (C=N–C) groups is 1. The van der Waals surface area contributed by atoms with Crippen LogP contribution in [-0.2, 0) is 12.7 Å². The first kappa shape index (κ1) is 24.5. The molecule has 0 bridgehead atoms. The molecule has 7 nitrogen and oxygen atoms in total. The Bertz CT molecular complexity index is 835. The molecule has 0 saturated heterocycles. The van der Waals surface area contributed by atoms with Crippen LogP contribution in [0.1, 0.15) is 30.3 Å². The third kappa shape index (κ3) is 8.49. The van der Waals surface area contributed by atoms with Crippen LogP contribution in [0.4, 0.5) is 13.2 Å². The van der Waals surface area contributed by atoms with E-state index in [9.17, 15) is 18.3 Å². The predicted molar refractivity (Wildman–Crippen MR) is 113 cm³/mol. The molecule has 3 N–H and O–H groups in total. The largest absolute Gasteiger partial charge is 0.491 e. The molecule has 0 aliphatic rings. The van der Waals surface area contributed by atoms with Crippen molar-refractivity contribution in [2.75, 3.05) is 26.2 Å². The second kappa shape index (κ2) is 11.6. The number of benzene rings is 1. The fraction of sp³-hybridized carbons (Fsp3) is 0.524. The van der Waals surface area contributed by atoms with Gasteiger partial charge in [0.2, 0.25) is 0 Å². The van der Waals surface area contributed by atoms with Crippen LogP contribution in [0.15, 0.2) is 35.3 Å². The van der Waals surface area contributed by atoms with Crippen LogP contribution in [0.2, 0.25) is 0 Å². The van der Waals surface area contributed by atoms with E-state index in [0.29, 0.717) is 19.0 Å². The van der Waals surface area contributed by atoms with Crippen LogP contribution in [0.25, 0.3) is 0 Å². The van der Waals surface area contributed by atoms with Crippen LogP contribution in [0, 0.1) is 13.8 Å². The summed E-state index contributed by atoms with van der Waals surface area (Å²) in [4.78, 5) is 4.33. The monoisotopic (exact) mass is 441 g/mol. The summed E-state index contributed by atoms with van der Waals surface area (Å²) < 4.78 is 45.0. The normalized spacial score (nSPS) is 13.2. The number of aliphatic hydroxyl groups excluding tert-OH is 1. The van der Waals surface area contributed by atoms with Crippen LogP contribution in [0.3, 0.4) is 0 Å². The van der Waals surface area contributed by atoms with Gasteiger partial charge in [0.05, 0.1) is 17.8 Å². The molecule has 1 aromatic heterocycles. The molecule has 0 aliphatic carbocycles. The molecule has 0 aliphatic heterocycles. The summed E-state index contributed by atoms with van der Waals surface area (Å²) in [5.74, 6) is 0.828. The first-order chi connectivity index (χ1) is 14.7. The molecule has 1 heterocycles. The highest BCUT2D eigenvalue weighted by atomic mass is 19.4. The van der Waals surface area contributed by atoms with Crippen molar-refractivity contribution in [2.45, 2.75) is 46.0 Å². The van der Waals surface area contributed by atoms with Crippen molar-refractivity contribution in [3.05, 3.63) is 47.3 Å². The number of aromatic nitrogens is 2. The first-order valence-corrected chi connectivity index (χ1v) is 10.2. The first-order valence-electron chi connectivity index (χ1n) is 10.2. The van der Waals surface area contributed by atoms with E-state index in [1.165, 1.54) is 12.1 Å². The third-order valence-electron chi connectivity index (χ3n) is 4.37. The van der Waals surface area contributed by atoms with E-state index < -0.39 is 17.8 Å². The highest BCUT2D eigenvalue weighted by Crippen LogP contribution is 2.30. The minimum absolute atomic E-state index is 0.0772. The molecule has 0 saturated carbocycles. The molecular formula is C21H30F3N5O2. The lowest BCUT2D eigenvalue weighted by atomic mass is 10.2.